The lowest BCUT2D eigenvalue weighted by Crippen LogP contribution is -1.78. The smallest absolute Gasteiger partial charge is 0.123 e. The average molecular weight is 174 g/mol. The summed E-state index contributed by atoms with van der Waals surface area (Å²) in [7, 11) is 0. The van der Waals surface area contributed by atoms with E-state index in [1.54, 1.807) is 18.2 Å². The number of rotatable bonds is 0. The van der Waals surface area contributed by atoms with Crippen LogP contribution in [-0.4, -0.2) is 10.2 Å². The molecule has 0 unspecified atom stereocenters. The van der Waals surface area contributed by atoms with Gasteiger partial charge in [-0.25, -0.2) is 0 Å². The van der Waals surface area contributed by atoms with Gasteiger partial charge < -0.3 is 10.2 Å². The lowest BCUT2D eigenvalue weighted by molar-refractivity contribution is 0.468. The van der Waals surface area contributed by atoms with Gasteiger partial charge in [-0.3, -0.25) is 0 Å². The lowest BCUT2D eigenvalue weighted by atomic mass is 10.1. The maximum Gasteiger partial charge on any atom is 0.123 e. The van der Waals surface area contributed by atoms with Gasteiger partial charge in [-0.2, -0.15) is 0 Å². The summed E-state index contributed by atoms with van der Waals surface area (Å²) in [6.45, 7) is 1.83. The average Bonchev–Trinajstić information content (AvgIpc) is 2.09. The molecule has 2 N–H and O–H groups in total. The molecule has 0 bridgehead atoms. The van der Waals surface area contributed by atoms with Gasteiger partial charge in [0.15, 0.2) is 0 Å². The summed E-state index contributed by atoms with van der Waals surface area (Å²) in [5.41, 5.74) is 0.818. The summed E-state index contributed by atoms with van der Waals surface area (Å²) < 4.78 is 0. The van der Waals surface area contributed by atoms with Crippen LogP contribution in [0.15, 0.2) is 30.3 Å². The molecule has 2 aromatic rings. The van der Waals surface area contributed by atoms with Crippen LogP contribution in [0.5, 0.6) is 11.5 Å². The highest BCUT2D eigenvalue weighted by Gasteiger charge is 2.02. The van der Waals surface area contributed by atoms with E-state index in [1.165, 1.54) is 0 Å². The van der Waals surface area contributed by atoms with Crippen LogP contribution in [0.1, 0.15) is 5.56 Å². The quantitative estimate of drug-likeness (QED) is 0.644. The molecule has 66 valence electrons. The van der Waals surface area contributed by atoms with Crippen molar-refractivity contribution in [3.63, 3.8) is 0 Å². The largest absolute Gasteiger partial charge is 0.508 e. The number of fused-ring (bicyclic) bond motifs is 1. The summed E-state index contributed by atoms with van der Waals surface area (Å²) >= 11 is 0. The molecule has 0 saturated heterocycles. The molecule has 0 aliphatic rings. The first-order valence-corrected chi connectivity index (χ1v) is 4.10. The predicted molar refractivity (Wildman–Crippen MR) is 52.0 cm³/mol. The van der Waals surface area contributed by atoms with E-state index in [2.05, 4.69) is 0 Å². The van der Waals surface area contributed by atoms with Gasteiger partial charge in [0.05, 0.1) is 0 Å². The van der Waals surface area contributed by atoms with Crippen LogP contribution in [0, 0.1) is 6.92 Å². The minimum atomic E-state index is 0.202. The van der Waals surface area contributed by atoms with Gasteiger partial charge >= 0.3 is 0 Å². The van der Waals surface area contributed by atoms with E-state index in [-0.39, 0.29) is 11.5 Å². The predicted octanol–water partition coefficient (Wildman–Crippen LogP) is 2.56. The highest BCUT2D eigenvalue weighted by atomic mass is 16.3. The van der Waals surface area contributed by atoms with Crippen molar-refractivity contribution in [3.8, 4) is 11.5 Å². The molecule has 0 fully saturated rings. The number of hydrogen-bond donors (Lipinski definition) is 2. The molecule has 0 heterocycles. The molecule has 2 rings (SSSR count). The fraction of sp³-hybridized carbons (Fsp3) is 0.0909. The molecule has 2 heteroatoms. The minimum absolute atomic E-state index is 0.202. The first kappa shape index (κ1) is 7.92. The van der Waals surface area contributed by atoms with Gasteiger partial charge in [0, 0.05) is 5.39 Å². The van der Waals surface area contributed by atoms with E-state index in [9.17, 15) is 10.2 Å². The fourth-order valence-electron chi connectivity index (χ4n) is 1.41. The number of benzene rings is 2. The SMILES string of the molecule is Cc1cc2cccc(O)c2cc1O. The standard InChI is InChI=1S/C11H10O2/c1-7-5-8-3-2-4-10(12)9(8)6-11(7)13/h2-6,12-13H,1H3. The molecule has 0 spiro atoms. The number of hydrogen-bond acceptors (Lipinski definition) is 2. The summed E-state index contributed by atoms with van der Waals surface area (Å²) in [4.78, 5) is 0. The summed E-state index contributed by atoms with van der Waals surface area (Å²) in [6.07, 6.45) is 0. The second-order valence-electron chi connectivity index (χ2n) is 3.14. The fourth-order valence-corrected chi connectivity index (χ4v) is 1.41. The van der Waals surface area contributed by atoms with E-state index in [0.29, 0.717) is 5.39 Å². The second-order valence-corrected chi connectivity index (χ2v) is 3.14. The Morgan fingerprint density at radius 2 is 1.77 bits per heavy atom. The Bertz CT molecular complexity index is 461. The third-order valence-electron chi connectivity index (χ3n) is 2.17. The number of aryl methyl sites for hydroxylation is 1. The van der Waals surface area contributed by atoms with Crippen molar-refractivity contribution in [3.05, 3.63) is 35.9 Å². The molecule has 0 aromatic heterocycles. The van der Waals surface area contributed by atoms with E-state index >= 15 is 0 Å². The van der Waals surface area contributed by atoms with Crippen molar-refractivity contribution in [2.45, 2.75) is 6.92 Å². The Morgan fingerprint density at radius 3 is 2.54 bits per heavy atom. The van der Waals surface area contributed by atoms with Gasteiger partial charge in [0.1, 0.15) is 11.5 Å². The second kappa shape index (κ2) is 2.66. The van der Waals surface area contributed by atoms with Crippen LogP contribution in [0.2, 0.25) is 0 Å². The zero-order chi connectivity index (χ0) is 9.42. The first-order valence-electron chi connectivity index (χ1n) is 4.10. The monoisotopic (exact) mass is 174 g/mol. The van der Waals surface area contributed by atoms with Crippen LogP contribution in [0.3, 0.4) is 0 Å². The molecule has 2 aromatic carbocycles. The van der Waals surface area contributed by atoms with E-state index in [0.717, 1.165) is 10.9 Å². The molecular weight excluding hydrogens is 164 g/mol. The molecule has 0 radical (unpaired) electrons. The summed E-state index contributed by atoms with van der Waals surface area (Å²) in [6, 6.07) is 8.73. The topological polar surface area (TPSA) is 40.5 Å². The zero-order valence-corrected chi connectivity index (χ0v) is 7.28. The Balaban J connectivity index is 2.89. The number of aromatic hydroxyl groups is 2. The highest BCUT2D eigenvalue weighted by Crippen LogP contribution is 2.29. The van der Waals surface area contributed by atoms with Crippen molar-refractivity contribution in [1.29, 1.82) is 0 Å². The molecular formula is C11H10O2. The number of phenols is 2. The van der Waals surface area contributed by atoms with Crippen molar-refractivity contribution in [2.24, 2.45) is 0 Å². The van der Waals surface area contributed by atoms with Gasteiger partial charge in [-0.05, 0) is 36.1 Å². The van der Waals surface area contributed by atoms with Gasteiger partial charge in [0.2, 0.25) is 0 Å². The third-order valence-corrected chi connectivity index (χ3v) is 2.17. The summed E-state index contributed by atoms with van der Waals surface area (Å²) in [5, 5.41) is 20.5. The van der Waals surface area contributed by atoms with Crippen molar-refractivity contribution >= 4 is 10.8 Å². The Morgan fingerprint density at radius 1 is 1.00 bits per heavy atom. The van der Waals surface area contributed by atoms with Gasteiger partial charge in [-0.15, -0.1) is 0 Å². The Labute approximate surface area is 76.1 Å². The van der Waals surface area contributed by atoms with Crippen LogP contribution in [0.25, 0.3) is 10.8 Å². The van der Waals surface area contributed by atoms with E-state index in [4.69, 9.17) is 0 Å². The Kier molecular flexibility index (Phi) is 1.62. The highest BCUT2D eigenvalue weighted by molar-refractivity contribution is 5.89. The normalized spacial score (nSPS) is 10.5. The molecule has 0 aliphatic carbocycles. The van der Waals surface area contributed by atoms with Crippen LogP contribution < -0.4 is 0 Å². The van der Waals surface area contributed by atoms with Crippen LogP contribution in [0.4, 0.5) is 0 Å². The minimum Gasteiger partial charge on any atom is -0.508 e. The molecule has 0 aliphatic heterocycles. The zero-order valence-electron chi connectivity index (χ0n) is 7.28. The number of phenolic OH excluding ortho intramolecular Hbond substituents is 2. The van der Waals surface area contributed by atoms with Crippen molar-refractivity contribution in [1.82, 2.24) is 0 Å². The van der Waals surface area contributed by atoms with E-state index < -0.39 is 0 Å². The Hall–Kier alpha value is -1.70. The van der Waals surface area contributed by atoms with Crippen LogP contribution in [-0.2, 0) is 0 Å². The van der Waals surface area contributed by atoms with Gasteiger partial charge in [-0.1, -0.05) is 12.1 Å². The summed E-state index contributed by atoms with van der Waals surface area (Å²) in [5.74, 6) is 0.418. The van der Waals surface area contributed by atoms with E-state index in [1.807, 2.05) is 19.1 Å². The first-order chi connectivity index (χ1) is 6.18. The third kappa shape index (κ3) is 1.20. The molecule has 2 nitrogen and oxygen atoms in total. The molecule has 13 heavy (non-hydrogen) atoms. The molecule has 0 saturated carbocycles. The lowest BCUT2D eigenvalue weighted by Gasteiger charge is -2.03. The maximum atomic E-state index is 9.48. The van der Waals surface area contributed by atoms with Crippen molar-refractivity contribution < 1.29 is 10.2 Å². The molecule has 0 atom stereocenters. The van der Waals surface area contributed by atoms with Crippen molar-refractivity contribution in [2.75, 3.05) is 0 Å². The molecule has 0 amide bonds. The van der Waals surface area contributed by atoms with Crippen LogP contribution >= 0.6 is 0 Å². The maximum absolute atomic E-state index is 9.48. The van der Waals surface area contributed by atoms with Gasteiger partial charge in [0.25, 0.3) is 0 Å².